The van der Waals surface area contributed by atoms with Crippen LogP contribution in [-0.4, -0.2) is 41.6 Å². The Balaban J connectivity index is 1.80. The largest absolute Gasteiger partial charge is 0.346 e. The van der Waals surface area contributed by atoms with E-state index < -0.39 is 15.4 Å². The van der Waals surface area contributed by atoms with E-state index in [9.17, 15) is 13.2 Å². The second-order valence-electron chi connectivity index (χ2n) is 5.92. The molecule has 1 amide bonds. The fraction of sp³-hybridized carbons (Fsp3) is 0.333. The summed E-state index contributed by atoms with van der Waals surface area (Å²) in [6, 6.07) is 7.17. The molecule has 1 fully saturated rings. The van der Waals surface area contributed by atoms with Crippen molar-refractivity contribution < 1.29 is 13.2 Å². The lowest BCUT2D eigenvalue weighted by Crippen LogP contribution is -2.46. The van der Waals surface area contributed by atoms with Crippen LogP contribution in [-0.2, 0) is 9.84 Å². The molecule has 3 rings (SSSR count). The van der Waals surface area contributed by atoms with Gasteiger partial charge in [-0.1, -0.05) is 12.1 Å². The molecule has 7 heteroatoms. The minimum absolute atomic E-state index is 0.00678. The molecule has 116 valence electrons. The van der Waals surface area contributed by atoms with Gasteiger partial charge >= 0.3 is 0 Å². The molecule has 0 radical (unpaired) electrons. The van der Waals surface area contributed by atoms with Gasteiger partial charge < -0.3 is 5.32 Å². The van der Waals surface area contributed by atoms with Gasteiger partial charge in [0.2, 0.25) is 0 Å². The summed E-state index contributed by atoms with van der Waals surface area (Å²) >= 11 is 0. The van der Waals surface area contributed by atoms with E-state index in [1.807, 2.05) is 6.07 Å². The number of carbonyl (C=O) groups excluding carboxylic acids is 1. The molecule has 0 spiro atoms. The molecular formula is C15H17N3O3S. The van der Waals surface area contributed by atoms with Gasteiger partial charge in [-0.15, -0.1) is 0 Å². The lowest BCUT2D eigenvalue weighted by Gasteiger charge is -2.24. The zero-order chi connectivity index (χ0) is 15.8. The van der Waals surface area contributed by atoms with Gasteiger partial charge in [0.25, 0.3) is 5.91 Å². The van der Waals surface area contributed by atoms with Gasteiger partial charge in [0.05, 0.1) is 23.2 Å². The van der Waals surface area contributed by atoms with Crippen molar-refractivity contribution in [3.63, 3.8) is 0 Å². The van der Waals surface area contributed by atoms with Crippen molar-refractivity contribution in [2.24, 2.45) is 0 Å². The van der Waals surface area contributed by atoms with E-state index in [2.05, 4.69) is 15.5 Å². The van der Waals surface area contributed by atoms with E-state index >= 15 is 0 Å². The number of hydrogen-bond donors (Lipinski definition) is 2. The van der Waals surface area contributed by atoms with Crippen molar-refractivity contribution in [2.75, 3.05) is 11.5 Å². The summed E-state index contributed by atoms with van der Waals surface area (Å²) in [7, 11) is -3.05. The van der Waals surface area contributed by atoms with Gasteiger partial charge in [-0.3, -0.25) is 9.89 Å². The molecule has 2 aromatic rings. The number of benzene rings is 1. The first-order valence-corrected chi connectivity index (χ1v) is 8.81. The topological polar surface area (TPSA) is 91.9 Å². The molecule has 2 heterocycles. The van der Waals surface area contributed by atoms with Crippen molar-refractivity contribution in [3.8, 4) is 11.1 Å². The number of carbonyl (C=O) groups is 1. The molecule has 1 saturated heterocycles. The van der Waals surface area contributed by atoms with Crippen LogP contribution in [0.1, 0.15) is 23.7 Å². The number of rotatable bonds is 3. The Morgan fingerprint density at radius 1 is 1.36 bits per heavy atom. The summed E-state index contributed by atoms with van der Waals surface area (Å²) in [4.78, 5) is 12.4. The number of hydrogen-bond acceptors (Lipinski definition) is 4. The number of sulfone groups is 1. The molecule has 1 atom stereocenters. The maximum absolute atomic E-state index is 12.4. The van der Waals surface area contributed by atoms with E-state index in [0.29, 0.717) is 12.0 Å². The van der Waals surface area contributed by atoms with Crippen molar-refractivity contribution >= 4 is 15.7 Å². The van der Waals surface area contributed by atoms with Gasteiger partial charge in [0, 0.05) is 17.3 Å². The highest BCUT2D eigenvalue weighted by molar-refractivity contribution is 7.91. The van der Waals surface area contributed by atoms with Crippen molar-refractivity contribution in [1.29, 1.82) is 0 Å². The highest BCUT2D eigenvalue weighted by Crippen LogP contribution is 2.24. The van der Waals surface area contributed by atoms with Crippen LogP contribution in [0, 0.1) is 0 Å². The second-order valence-corrected chi connectivity index (χ2v) is 8.11. The average molecular weight is 319 g/mol. The SMILES string of the molecule is CC1(NC(=O)c2cccc(-c3cn[nH]c3)c2)CCS(=O)(=O)C1. The molecule has 2 N–H and O–H groups in total. The molecule has 0 aliphatic carbocycles. The summed E-state index contributed by atoms with van der Waals surface area (Å²) in [6.07, 6.45) is 3.88. The average Bonchev–Trinajstić information content (AvgIpc) is 3.07. The predicted octanol–water partition coefficient (Wildman–Crippen LogP) is 1.38. The number of aromatic nitrogens is 2. The van der Waals surface area contributed by atoms with Crippen molar-refractivity contribution in [1.82, 2.24) is 15.5 Å². The minimum Gasteiger partial charge on any atom is -0.346 e. The van der Waals surface area contributed by atoms with Crippen LogP contribution in [0.25, 0.3) is 11.1 Å². The van der Waals surface area contributed by atoms with Gasteiger partial charge in [-0.2, -0.15) is 5.10 Å². The molecule has 0 saturated carbocycles. The first-order chi connectivity index (χ1) is 10.4. The van der Waals surface area contributed by atoms with E-state index in [-0.39, 0.29) is 17.4 Å². The summed E-state index contributed by atoms with van der Waals surface area (Å²) in [6.45, 7) is 1.77. The number of aromatic amines is 1. The van der Waals surface area contributed by atoms with E-state index in [4.69, 9.17) is 0 Å². The van der Waals surface area contributed by atoms with Crippen LogP contribution in [0.2, 0.25) is 0 Å². The zero-order valence-electron chi connectivity index (χ0n) is 12.2. The molecule has 1 unspecified atom stereocenters. The molecule has 0 bridgehead atoms. The predicted molar refractivity (Wildman–Crippen MR) is 83.2 cm³/mol. The van der Waals surface area contributed by atoms with Crippen molar-refractivity contribution in [3.05, 3.63) is 42.2 Å². The standard InChI is InChI=1S/C15H17N3O3S/c1-15(5-6-22(20,21)10-15)18-14(19)12-4-2-3-11(7-12)13-8-16-17-9-13/h2-4,7-9H,5-6,10H2,1H3,(H,16,17)(H,18,19). The van der Waals surface area contributed by atoms with Crippen LogP contribution in [0.4, 0.5) is 0 Å². The van der Waals surface area contributed by atoms with Gasteiger partial charge in [-0.25, -0.2) is 8.42 Å². The van der Waals surface area contributed by atoms with Crippen molar-refractivity contribution in [2.45, 2.75) is 18.9 Å². The fourth-order valence-electron chi connectivity index (χ4n) is 2.70. The second kappa shape index (κ2) is 5.24. The quantitative estimate of drug-likeness (QED) is 0.894. The van der Waals surface area contributed by atoms with Crippen LogP contribution < -0.4 is 5.32 Å². The van der Waals surface area contributed by atoms with Crippen LogP contribution in [0.15, 0.2) is 36.7 Å². The fourth-order valence-corrected chi connectivity index (χ4v) is 4.80. The van der Waals surface area contributed by atoms with E-state index in [0.717, 1.165) is 11.1 Å². The Labute approximate surface area is 128 Å². The first kappa shape index (κ1) is 14.8. The number of H-pyrrole nitrogens is 1. The number of amides is 1. The normalized spacial score (nSPS) is 23.3. The lowest BCUT2D eigenvalue weighted by molar-refractivity contribution is 0.0915. The summed E-state index contributed by atoms with van der Waals surface area (Å²) in [5.41, 5.74) is 1.58. The number of nitrogens with zero attached hydrogens (tertiary/aromatic N) is 1. The summed E-state index contributed by atoms with van der Waals surface area (Å²) in [5, 5.41) is 9.48. The highest BCUT2D eigenvalue weighted by Gasteiger charge is 2.39. The Morgan fingerprint density at radius 2 is 2.18 bits per heavy atom. The molecule has 22 heavy (non-hydrogen) atoms. The van der Waals surface area contributed by atoms with Gasteiger partial charge in [0.1, 0.15) is 0 Å². The summed E-state index contributed by atoms with van der Waals surface area (Å²) < 4.78 is 23.2. The maximum Gasteiger partial charge on any atom is 0.251 e. The van der Waals surface area contributed by atoms with Crippen LogP contribution in [0.5, 0.6) is 0 Å². The third kappa shape index (κ3) is 3.04. The molecule has 6 nitrogen and oxygen atoms in total. The molecule has 1 aromatic carbocycles. The van der Waals surface area contributed by atoms with E-state index in [1.165, 1.54) is 0 Å². The maximum atomic E-state index is 12.4. The lowest BCUT2D eigenvalue weighted by atomic mass is 10.0. The minimum atomic E-state index is -3.05. The van der Waals surface area contributed by atoms with E-state index in [1.54, 1.807) is 37.5 Å². The Hall–Kier alpha value is -2.15. The number of nitrogens with one attached hydrogen (secondary N) is 2. The third-order valence-electron chi connectivity index (χ3n) is 3.87. The van der Waals surface area contributed by atoms with Gasteiger partial charge in [0.15, 0.2) is 9.84 Å². The monoisotopic (exact) mass is 319 g/mol. The zero-order valence-corrected chi connectivity index (χ0v) is 13.0. The molecular weight excluding hydrogens is 302 g/mol. The first-order valence-electron chi connectivity index (χ1n) is 6.99. The van der Waals surface area contributed by atoms with Gasteiger partial charge in [-0.05, 0) is 31.0 Å². The van der Waals surface area contributed by atoms with Crippen LogP contribution in [0.3, 0.4) is 0 Å². The third-order valence-corrected chi connectivity index (χ3v) is 5.78. The Bertz CT molecular complexity index is 799. The van der Waals surface area contributed by atoms with Crippen LogP contribution >= 0.6 is 0 Å². The highest BCUT2D eigenvalue weighted by atomic mass is 32.2. The molecule has 1 aliphatic rings. The Morgan fingerprint density at radius 3 is 2.82 bits per heavy atom. The summed E-state index contributed by atoms with van der Waals surface area (Å²) in [5.74, 6) is -0.142. The molecule has 1 aliphatic heterocycles. The Kier molecular flexibility index (Phi) is 3.52. The smallest absolute Gasteiger partial charge is 0.251 e. The molecule has 1 aromatic heterocycles.